The van der Waals surface area contributed by atoms with Crippen molar-refractivity contribution in [1.82, 2.24) is 0 Å². The summed E-state index contributed by atoms with van der Waals surface area (Å²) in [6, 6.07) is 10.7. The maximum absolute atomic E-state index is 11.1. The van der Waals surface area contributed by atoms with Crippen molar-refractivity contribution in [3.8, 4) is 0 Å². The molecule has 0 bridgehead atoms. The van der Waals surface area contributed by atoms with Gasteiger partial charge in [0.2, 0.25) is 0 Å². The van der Waals surface area contributed by atoms with Crippen LogP contribution in [0.25, 0.3) is 0 Å². The van der Waals surface area contributed by atoms with Gasteiger partial charge in [-0.05, 0) is 43.1 Å². The highest BCUT2D eigenvalue weighted by Crippen LogP contribution is 2.28. The minimum atomic E-state index is -0.317. The molecular weight excluding hydrogens is 312 g/mol. The molecule has 3 atom stereocenters. The molecule has 0 saturated heterocycles. The molecule has 0 spiro atoms. The molecule has 3 heteroatoms. The van der Waals surface area contributed by atoms with Gasteiger partial charge in [-0.2, -0.15) is 0 Å². The van der Waals surface area contributed by atoms with Gasteiger partial charge in [-0.1, -0.05) is 70.4 Å². The molecule has 0 saturated carbocycles. The first-order chi connectivity index (χ1) is 12.1. The zero-order valence-electron chi connectivity index (χ0n) is 16.2. The number of carbonyl (C=O) groups is 1. The van der Waals surface area contributed by atoms with Crippen molar-refractivity contribution in [2.24, 2.45) is 5.92 Å². The lowest BCUT2D eigenvalue weighted by molar-refractivity contribution is -0.143. The van der Waals surface area contributed by atoms with Crippen LogP contribution in [0.4, 0.5) is 0 Å². The largest absolute Gasteiger partial charge is 0.466 e. The SMILES string of the molecule is CCCCC(CCCC(O)C(C)CCOC(=O)CC)c1ccccc1. The second-order valence-corrected chi connectivity index (χ2v) is 7.09. The number of aliphatic hydroxyl groups excluding tert-OH is 1. The molecule has 0 amide bonds. The van der Waals surface area contributed by atoms with Crippen molar-refractivity contribution >= 4 is 5.97 Å². The second kappa shape index (κ2) is 12.9. The quantitative estimate of drug-likeness (QED) is 0.481. The molecule has 0 heterocycles. The lowest BCUT2D eigenvalue weighted by Gasteiger charge is -2.21. The monoisotopic (exact) mass is 348 g/mol. The van der Waals surface area contributed by atoms with Gasteiger partial charge in [0, 0.05) is 6.42 Å². The predicted molar refractivity (Wildman–Crippen MR) is 104 cm³/mol. The van der Waals surface area contributed by atoms with Crippen molar-refractivity contribution in [3.63, 3.8) is 0 Å². The van der Waals surface area contributed by atoms with E-state index in [2.05, 4.69) is 37.3 Å². The van der Waals surface area contributed by atoms with Gasteiger partial charge in [0.25, 0.3) is 0 Å². The summed E-state index contributed by atoms with van der Waals surface area (Å²) >= 11 is 0. The van der Waals surface area contributed by atoms with Crippen LogP contribution in [0.1, 0.15) is 83.6 Å². The topological polar surface area (TPSA) is 46.5 Å². The van der Waals surface area contributed by atoms with Crippen molar-refractivity contribution in [2.45, 2.75) is 84.2 Å². The van der Waals surface area contributed by atoms with Crippen LogP contribution < -0.4 is 0 Å². The summed E-state index contributed by atoms with van der Waals surface area (Å²) in [6.07, 6.45) is 7.49. The highest BCUT2D eigenvalue weighted by atomic mass is 16.5. The van der Waals surface area contributed by atoms with E-state index in [1.165, 1.54) is 24.8 Å². The minimum absolute atomic E-state index is 0.162. The van der Waals surface area contributed by atoms with Crippen LogP contribution in [0.2, 0.25) is 0 Å². The first-order valence-electron chi connectivity index (χ1n) is 9.97. The van der Waals surface area contributed by atoms with Gasteiger partial charge in [0.15, 0.2) is 0 Å². The summed E-state index contributed by atoms with van der Waals surface area (Å²) in [5.41, 5.74) is 1.42. The molecule has 0 radical (unpaired) electrons. The molecule has 0 aromatic heterocycles. The molecule has 3 unspecified atom stereocenters. The fourth-order valence-electron chi connectivity index (χ4n) is 3.16. The summed E-state index contributed by atoms with van der Waals surface area (Å²) in [7, 11) is 0. The van der Waals surface area contributed by atoms with Gasteiger partial charge in [0.05, 0.1) is 12.7 Å². The summed E-state index contributed by atoms with van der Waals surface area (Å²) in [4.78, 5) is 11.1. The van der Waals surface area contributed by atoms with E-state index in [-0.39, 0.29) is 18.0 Å². The third kappa shape index (κ3) is 9.06. The number of esters is 1. The zero-order chi connectivity index (χ0) is 18.5. The Kier molecular flexibility index (Phi) is 11.2. The molecule has 25 heavy (non-hydrogen) atoms. The van der Waals surface area contributed by atoms with E-state index in [1.807, 2.05) is 6.92 Å². The van der Waals surface area contributed by atoms with Gasteiger partial charge in [-0.25, -0.2) is 0 Å². The van der Waals surface area contributed by atoms with Crippen molar-refractivity contribution in [3.05, 3.63) is 35.9 Å². The third-order valence-electron chi connectivity index (χ3n) is 5.01. The van der Waals surface area contributed by atoms with E-state index in [0.29, 0.717) is 18.9 Å². The molecular formula is C22H36O3. The van der Waals surface area contributed by atoms with E-state index in [0.717, 1.165) is 25.7 Å². The highest BCUT2D eigenvalue weighted by molar-refractivity contribution is 5.68. The molecule has 0 aliphatic carbocycles. The maximum Gasteiger partial charge on any atom is 0.305 e. The number of ether oxygens (including phenoxy) is 1. The smallest absolute Gasteiger partial charge is 0.305 e. The molecule has 1 aromatic rings. The molecule has 1 aromatic carbocycles. The summed E-state index contributed by atoms with van der Waals surface area (Å²) in [5, 5.41) is 10.4. The molecule has 0 fully saturated rings. The molecule has 3 nitrogen and oxygen atoms in total. The average molecular weight is 349 g/mol. The molecule has 1 N–H and O–H groups in total. The normalized spacial score (nSPS) is 14.7. The number of hydrogen-bond donors (Lipinski definition) is 1. The maximum atomic E-state index is 11.1. The van der Waals surface area contributed by atoms with Crippen LogP contribution >= 0.6 is 0 Å². The van der Waals surface area contributed by atoms with Crippen molar-refractivity contribution in [2.75, 3.05) is 6.61 Å². The van der Waals surface area contributed by atoms with Crippen LogP contribution in [0.5, 0.6) is 0 Å². The Balaban J connectivity index is 2.34. The van der Waals surface area contributed by atoms with Gasteiger partial charge in [-0.15, -0.1) is 0 Å². The standard InChI is InChI=1S/C22H36O3/c1-4-6-11-19(20-12-8-7-9-13-20)14-10-15-21(23)18(3)16-17-25-22(24)5-2/h7-9,12-13,18-19,21,23H,4-6,10-11,14-17H2,1-3H3. The minimum Gasteiger partial charge on any atom is -0.466 e. The first-order valence-corrected chi connectivity index (χ1v) is 9.97. The fraction of sp³-hybridized carbons (Fsp3) is 0.682. The molecule has 0 aliphatic heterocycles. The number of unbranched alkanes of at least 4 members (excludes halogenated alkanes) is 1. The predicted octanol–water partition coefficient (Wildman–Crippen LogP) is 5.47. The highest BCUT2D eigenvalue weighted by Gasteiger charge is 2.16. The molecule has 0 aliphatic rings. The van der Waals surface area contributed by atoms with Crippen LogP contribution in [0.15, 0.2) is 30.3 Å². The van der Waals surface area contributed by atoms with E-state index < -0.39 is 0 Å². The van der Waals surface area contributed by atoms with Gasteiger partial charge in [0.1, 0.15) is 0 Å². The Hall–Kier alpha value is -1.35. The number of carbonyl (C=O) groups excluding carboxylic acids is 1. The van der Waals surface area contributed by atoms with Crippen LogP contribution in [-0.4, -0.2) is 23.8 Å². The summed E-state index contributed by atoms with van der Waals surface area (Å²) in [6.45, 7) is 6.48. The van der Waals surface area contributed by atoms with E-state index in [4.69, 9.17) is 4.74 Å². The third-order valence-corrected chi connectivity index (χ3v) is 5.01. The van der Waals surface area contributed by atoms with Crippen LogP contribution in [0, 0.1) is 5.92 Å². The van der Waals surface area contributed by atoms with Crippen molar-refractivity contribution in [1.29, 1.82) is 0 Å². The van der Waals surface area contributed by atoms with E-state index >= 15 is 0 Å². The van der Waals surface area contributed by atoms with Crippen LogP contribution in [-0.2, 0) is 9.53 Å². The first kappa shape index (κ1) is 21.7. The lowest BCUT2D eigenvalue weighted by Crippen LogP contribution is -2.20. The average Bonchev–Trinajstić information content (AvgIpc) is 2.64. The van der Waals surface area contributed by atoms with Gasteiger partial charge >= 0.3 is 5.97 Å². The number of aliphatic hydroxyl groups is 1. The van der Waals surface area contributed by atoms with E-state index in [1.54, 1.807) is 6.92 Å². The Labute approximate surface area is 153 Å². The second-order valence-electron chi connectivity index (χ2n) is 7.09. The van der Waals surface area contributed by atoms with E-state index in [9.17, 15) is 9.90 Å². The molecule has 142 valence electrons. The van der Waals surface area contributed by atoms with Crippen molar-refractivity contribution < 1.29 is 14.6 Å². The van der Waals surface area contributed by atoms with Crippen LogP contribution in [0.3, 0.4) is 0 Å². The Morgan fingerprint density at radius 3 is 2.36 bits per heavy atom. The lowest BCUT2D eigenvalue weighted by atomic mass is 9.87. The Morgan fingerprint density at radius 2 is 1.72 bits per heavy atom. The number of benzene rings is 1. The number of hydrogen-bond acceptors (Lipinski definition) is 3. The fourth-order valence-corrected chi connectivity index (χ4v) is 3.16. The molecule has 1 rings (SSSR count). The summed E-state index contributed by atoms with van der Waals surface area (Å²) < 4.78 is 5.11. The zero-order valence-corrected chi connectivity index (χ0v) is 16.2. The number of rotatable bonds is 13. The Morgan fingerprint density at radius 1 is 1.04 bits per heavy atom. The van der Waals surface area contributed by atoms with Gasteiger partial charge < -0.3 is 9.84 Å². The Bertz CT molecular complexity index is 458. The summed E-state index contributed by atoms with van der Waals surface area (Å²) in [5.74, 6) is 0.591. The van der Waals surface area contributed by atoms with Gasteiger partial charge in [-0.3, -0.25) is 4.79 Å².